The summed E-state index contributed by atoms with van der Waals surface area (Å²) in [4.78, 5) is 41.0. The first-order valence-electron chi connectivity index (χ1n) is 11.9. The number of carbonyl (C=O) groups excluding carboxylic acids is 3. The Morgan fingerprint density at radius 1 is 1.14 bits per heavy atom. The molecule has 8 heteroatoms. The van der Waals surface area contributed by atoms with Crippen LogP contribution in [0.1, 0.15) is 50.8 Å². The van der Waals surface area contributed by atoms with Crippen LogP contribution in [0, 0.1) is 12.7 Å². The maximum Gasteiger partial charge on any atom is 0.294 e. The fourth-order valence-corrected chi connectivity index (χ4v) is 5.45. The molecule has 0 atom stereocenters. The van der Waals surface area contributed by atoms with Gasteiger partial charge in [0, 0.05) is 29.0 Å². The van der Waals surface area contributed by atoms with Crippen molar-refractivity contribution in [1.29, 1.82) is 0 Å². The molecule has 0 unspecified atom stereocenters. The number of carbonyl (C=O) groups is 3. The van der Waals surface area contributed by atoms with E-state index in [0.29, 0.717) is 17.4 Å². The van der Waals surface area contributed by atoms with Crippen LogP contribution in [0.4, 0.5) is 20.6 Å². The highest BCUT2D eigenvalue weighted by Gasteiger charge is 2.37. The van der Waals surface area contributed by atoms with Gasteiger partial charge in [0.15, 0.2) is 0 Å². The third kappa shape index (κ3) is 5.09. The first-order chi connectivity index (χ1) is 17.0. The molecule has 6 nitrogen and oxygen atoms in total. The van der Waals surface area contributed by atoms with Crippen molar-refractivity contribution in [2.75, 3.05) is 23.3 Å². The standard InChI is InChI=1S/C28H30FN3O3S/c1-6-11-32-23-14-22(29)19(12-21(23)18(3)15-28(32,4)5)13-24-26(34)31(27(35)36-24)16-25(33)30-20-9-7-17(2)8-10-20/h7-10,12-15H,6,11,16H2,1-5H3,(H,30,33)/b24-13+. The molecule has 0 aromatic heterocycles. The van der Waals surface area contributed by atoms with E-state index in [9.17, 15) is 14.4 Å². The first kappa shape index (κ1) is 25.7. The second kappa shape index (κ2) is 9.93. The van der Waals surface area contributed by atoms with Crippen LogP contribution in [-0.2, 0) is 9.59 Å². The topological polar surface area (TPSA) is 69.7 Å². The molecule has 2 aromatic rings. The number of rotatable bonds is 6. The van der Waals surface area contributed by atoms with Crippen molar-refractivity contribution in [1.82, 2.24) is 4.90 Å². The molecule has 36 heavy (non-hydrogen) atoms. The van der Waals surface area contributed by atoms with Crippen LogP contribution in [0.25, 0.3) is 11.6 Å². The summed E-state index contributed by atoms with van der Waals surface area (Å²) in [5.74, 6) is -1.56. The predicted octanol–water partition coefficient (Wildman–Crippen LogP) is 6.22. The van der Waals surface area contributed by atoms with E-state index in [0.717, 1.165) is 40.3 Å². The predicted molar refractivity (Wildman–Crippen MR) is 144 cm³/mol. The quantitative estimate of drug-likeness (QED) is 0.470. The molecule has 0 aliphatic carbocycles. The Morgan fingerprint density at radius 3 is 2.50 bits per heavy atom. The highest BCUT2D eigenvalue weighted by Crippen LogP contribution is 2.41. The maximum absolute atomic E-state index is 15.3. The zero-order valence-electron chi connectivity index (χ0n) is 21.1. The van der Waals surface area contributed by atoms with E-state index in [1.165, 1.54) is 12.1 Å². The lowest BCUT2D eigenvalue weighted by Gasteiger charge is -2.43. The van der Waals surface area contributed by atoms with Crippen molar-refractivity contribution < 1.29 is 18.8 Å². The zero-order valence-corrected chi connectivity index (χ0v) is 22.0. The number of benzene rings is 2. The molecule has 2 aliphatic rings. The van der Waals surface area contributed by atoms with Crippen LogP contribution in [0.5, 0.6) is 0 Å². The van der Waals surface area contributed by atoms with E-state index in [2.05, 4.69) is 37.1 Å². The zero-order chi connectivity index (χ0) is 26.2. The minimum Gasteiger partial charge on any atom is -0.362 e. The number of fused-ring (bicyclic) bond motifs is 1. The van der Waals surface area contributed by atoms with Crippen molar-refractivity contribution in [2.24, 2.45) is 0 Å². The van der Waals surface area contributed by atoms with Crippen LogP contribution in [0.15, 0.2) is 47.4 Å². The maximum atomic E-state index is 15.3. The normalized spacial score (nSPS) is 17.9. The molecule has 2 aromatic carbocycles. The number of hydrogen-bond acceptors (Lipinski definition) is 5. The molecule has 2 heterocycles. The summed E-state index contributed by atoms with van der Waals surface area (Å²) in [5.41, 5.74) is 4.34. The van der Waals surface area contributed by atoms with Gasteiger partial charge in [0.05, 0.1) is 10.4 Å². The highest BCUT2D eigenvalue weighted by atomic mass is 32.2. The summed E-state index contributed by atoms with van der Waals surface area (Å²) in [6.45, 7) is 10.6. The van der Waals surface area contributed by atoms with Gasteiger partial charge in [-0.15, -0.1) is 0 Å². The molecule has 188 valence electrons. The summed E-state index contributed by atoms with van der Waals surface area (Å²) < 4.78 is 15.3. The van der Waals surface area contributed by atoms with Crippen LogP contribution in [0.3, 0.4) is 0 Å². The number of aryl methyl sites for hydroxylation is 1. The molecular formula is C28H30FN3O3S. The summed E-state index contributed by atoms with van der Waals surface area (Å²) in [5, 5.41) is 2.13. The van der Waals surface area contributed by atoms with Crippen molar-refractivity contribution in [3.63, 3.8) is 0 Å². The average Bonchev–Trinajstić information content (AvgIpc) is 3.06. The number of thioether (sulfide) groups is 1. The summed E-state index contributed by atoms with van der Waals surface area (Å²) >= 11 is 0.709. The van der Waals surface area contributed by atoms with Crippen LogP contribution in [0.2, 0.25) is 0 Å². The van der Waals surface area contributed by atoms with Gasteiger partial charge in [0.2, 0.25) is 5.91 Å². The van der Waals surface area contributed by atoms with Crippen LogP contribution < -0.4 is 10.2 Å². The van der Waals surface area contributed by atoms with Gasteiger partial charge in [-0.25, -0.2) is 4.39 Å². The number of amides is 3. The number of halogens is 1. The monoisotopic (exact) mass is 507 g/mol. The van der Waals surface area contributed by atoms with E-state index in [4.69, 9.17) is 0 Å². The van der Waals surface area contributed by atoms with Crippen molar-refractivity contribution >= 4 is 51.8 Å². The molecule has 4 rings (SSSR count). The number of nitrogens with zero attached hydrogens (tertiary/aromatic N) is 2. The number of allylic oxidation sites excluding steroid dienone is 1. The molecule has 1 N–H and O–H groups in total. The van der Waals surface area contributed by atoms with Crippen molar-refractivity contribution in [3.8, 4) is 0 Å². The molecule has 0 bridgehead atoms. The summed E-state index contributed by atoms with van der Waals surface area (Å²) in [7, 11) is 0. The van der Waals surface area contributed by atoms with E-state index in [1.54, 1.807) is 18.2 Å². The molecule has 2 aliphatic heterocycles. The Kier molecular flexibility index (Phi) is 7.09. The average molecular weight is 508 g/mol. The molecular weight excluding hydrogens is 477 g/mol. The van der Waals surface area contributed by atoms with Crippen molar-refractivity contribution in [3.05, 3.63) is 69.9 Å². The van der Waals surface area contributed by atoms with E-state index >= 15 is 4.39 Å². The minimum absolute atomic E-state index is 0.0881. The first-order valence-corrected chi connectivity index (χ1v) is 12.7. The number of nitrogens with one attached hydrogen (secondary N) is 1. The van der Waals surface area contributed by atoms with E-state index < -0.39 is 29.4 Å². The largest absolute Gasteiger partial charge is 0.362 e. The van der Waals surface area contributed by atoms with Gasteiger partial charge in [-0.2, -0.15) is 0 Å². The SMILES string of the molecule is CCCN1c2cc(F)c(/C=C3/SC(=O)N(CC(=O)Nc4ccc(C)cc4)C3=O)cc2C(C)=CC1(C)C. The Morgan fingerprint density at radius 2 is 1.83 bits per heavy atom. The van der Waals surface area contributed by atoms with Gasteiger partial charge in [-0.1, -0.05) is 30.7 Å². The second-order valence-electron chi connectivity index (χ2n) is 9.71. The Hall–Kier alpha value is -3.39. The molecule has 0 spiro atoms. The van der Waals surface area contributed by atoms with Gasteiger partial charge in [0.1, 0.15) is 12.4 Å². The second-order valence-corrected chi connectivity index (χ2v) is 10.7. The fraction of sp³-hybridized carbons (Fsp3) is 0.321. The number of imide groups is 1. The third-order valence-corrected chi connectivity index (χ3v) is 7.25. The number of hydrogen-bond donors (Lipinski definition) is 1. The molecule has 3 amide bonds. The van der Waals surface area contributed by atoms with E-state index in [-0.39, 0.29) is 16.0 Å². The van der Waals surface area contributed by atoms with E-state index in [1.807, 2.05) is 26.0 Å². The lowest BCUT2D eigenvalue weighted by molar-refractivity contribution is -0.127. The Labute approximate surface area is 215 Å². The summed E-state index contributed by atoms with van der Waals surface area (Å²) in [6.07, 6.45) is 4.48. The lowest BCUT2D eigenvalue weighted by Crippen LogP contribution is -2.45. The molecule has 1 fully saturated rings. The van der Waals surface area contributed by atoms with Gasteiger partial charge in [-0.05, 0) is 81.8 Å². The third-order valence-electron chi connectivity index (χ3n) is 6.34. The van der Waals surface area contributed by atoms with Gasteiger partial charge in [-0.3, -0.25) is 19.3 Å². The smallest absolute Gasteiger partial charge is 0.294 e. The van der Waals surface area contributed by atoms with Gasteiger partial charge >= 0.3 is 0 Å². The molecule has 0 radical (unpaired) electrons. The van der Waals surface area contributed by atoms with Crippen LogP contribution in [-0.4, -0.2) is 40.6 Å². The van der Waals surface area contributed by atoms with Crippen molar-refractivity contribution in [2.45, 2.75) is 46.6 Å². The Balaban J connectivity index is 1.57. The molecule has 0 saturated carbocycles. The lowest BCUT2D eigenvalue weighted by atomic mass is 9.87. The van der Waals surface area contributed by atoms with Gasteiger partial charge in [0.25, 0.3) is 11.1 Å². The summed E-state index contributed by atoms with van der Waals surface area (Å²) in [6, 6.07) is 10.4. The Bertz CT molecular complexity index is 1300. The van der Waals surface area contributed by atoms with Crippen LogP contribution >= 0.6 is 11.8 Å². The number of anilines is 2. The minimum atomic E-state index is -0.609. The highest BCUT2D eigenvalue weighted by molar-refractivity contribution is 8.18. The molecule has 1 saturated heterocycles. The fourth-order valence-electron chi connectivity index (χ4n) is 4.62. The van der Waals surface area contributed by atoms with Gasteiger partial charge < -0.3 is 10.2 Å².